The van der Waals surface area contributed by atoms with E-state index in [-0.39, 0.29) is 0 Å². The monoisotopic (exact) mass is 292 g/mol. The van der Waals surface area contributed by atoms with Crippen LogP contribution >= 0.6 is 23.4 Å². The van der Waals surface area contributed by atoms with E-state index >= 15 is 0 Å². The van der Waals surface area contributed by atoms with Crippen molar-refractivity contribution in [2.75, 3.05) is 5.75 Å². The third-order valence-electron chi connectivity index (χ3n) is 3.01. The van der Waals surface area contributed by atoms with Gasteiger partial charge in [0.05, 0.1) is 11.1 Å². The minimum absolute atomic E-state index is 0.466. The summed E-state index contributed by atoms with van der Waals surface area (Å²) < 4.78 is 0. The molecule has 0 aliphatic carbocycles. The molecule has 2 aromatic rings. The molecule has 0 fully saturated rings. The first-order chi connectivity index (χ1) is 9.20. The van der Waals surface area contributed by atoms with E-state index in [0.717, 1.165) is 21.9 Å². The highest BCUT2D eigenvalue weighted by Gasteiger charge is 2.09. The van der Waals surface area contributed by atoms with E-state index in [4.69, 9.17) is 11.6 Å². The lowest BCUT2D eigenvalue weighted by molar-refractivity contribution is 0.204. The molecule has 1 atom stereocenters. The highest BCUT2D eigenvalue weighted by molar-refractivity contribution is 7.99. The van der Waals surface area contributed by atoms with Gasteiger partial charge in [-0.1, -0.05) is 54.9 Å². The molecule has 1 N–H and O–H groups in total. The van der Waals surface area contributed by atoms with E-state index in [0.29, 0.717) is 5.75 Å². The van der Waals surface area contributed by atoms with Gasteiger partial charge >= 0.3 is 0 Å². The Bertz CT molecular complexity index is 525. The van der Waals surface area contributed by atoms with Crippen LogP contribution in [0.5, 0.6) is 0 Å². The SMILES string of the molecule is CCc1ccc(C(O)CSc2ccccc2Cl)cc1. The van der Waals surface area contributed by atoms with Crippen molar-refractivity contribution in [1.82, 2.24) is 0 Å². The van der Waals surface area contributed by atoms with Gasteiger partial charge < -0.3 is 5.11 Å². The van der Waals surface area contributed by atoms with Crippen LogP contribution in [0.3, 0.4) is 0 Å². The summed E-state index contributed by atoms with van der Waals surface area (Å²) in [4.78, 5) is 1.01. The van der Waals surface area contributed by atoms with Crippen molar-refractivity contribution in [2.24, 2.45) is 0 Å². The van der Waals surface area contributed by atoms with Gasteiger partial charge in [-0.15, -0.1) is 11.8 Å². The summed E-state index contributed by atoms with van der Waals surface area (Å²) in [6.07, 6.45) is 0.553. The first-order valence-corrected chi connectivity index (χ1v) is 7.71. The van der Waals surface area contributed by atoms with Gasteiger partial charge in [0, 0.05) is 10.6 Å². The Hall–Kier alpha value is -0.960. The maximum atomic E-state index is 10.2. The molecule has 0 aliphatic heterocycles. The Kier molecular flexibility index (Phi) is 5.32. The third-order valence-corrected chi connectivity index (χ3v) is 4.60. The second-order valence-corrected chi connectivity index (χ2v) is 5.82. The first-order valence-electron chi connectivity index (χ1n) is 6.35. The quantitative estimate of drug-likeness (QED) is 0.804. The molecule has 0 saturated heterocycles. The number of rotatable bonds is 5. The Morgan fingerprint density at radius 3 is 2.42 bits per heavy atom. The lowest BCUT2D eigenvalue weighted by Crippen LogP contribution is -2.00. The first kappa shape index (κ1) is 14.4. The van der Waals surface area contributed by atoms with Crippen LogP contribution in [0.2, 0.25) is 5.02 Å². The highest BCUT2D eigenvalue weighted by atomic mass is 35.5. The normalized spacial score (nSPS) is 12.4. The number of halogens is 1. The largest absolute Gasteiger partial charge is 0.388 e. The average Bonchev–Trinajstić information content (AvgIpc) is 2.46. The average molecular weight is 293 g/mol. The summed E-state index contributed by atoms with van der Waals surface area (Å²) in [6.45, 7) is 2.12. The Morgan fingerprint density at radius 2 is 1.79 bits per heavy atom. The predicted octanol–water partition coefficient (Wildman–Crippen LogP) is 4.73. The second kappa shape index (κ2) is 6.99. The number of thioether (sulfide) groups is 1. The fourth-order valence-electron chi connectivity index (χ4n) is 1.80. The molecule has 19 heavy (non-hydrogen) atoms. The van der Waals surface area contributed by atoms with Gasteiger partial charge in [-0.3, -0.25) is 0 Å². The molecule has 0 amide bonds. The molecule has 1 nitrogen and oxygen atoms in total. The molecule has 0 spiro atoms. The molecular weight excluding hydrogens is 276 g/mol. The molecular formula is C16H17ClOS. The number of aliphatic hydroxyl groups is 1. The van der Waals surface area contributed by atoms with Crippen molar-refractivity contribution in [3.8, 4) is 0 Å². The van der Waals surface area contributed by atoms with Crippen molar-refractivity contribution in [2.45, 2.75) is 24.3 Å². The van der Waals surface area contributed by atoms with E-state index in [2.05, 4.69) is 19.1 Å². The summed E-state index contributed by atoms with van der Waals surface area (Å²) in [5, 5.41) is 10.9. The van der Waals surface area contributed by atoms with E-state index in [9.17, 15) is 5.11 Å². The summed E-state index contributed by atoms with van der Waals surface area (Å²) >= 11 is 7.67. The summed E-state index contributed by atoms with van der Waals surface area (Å²) in [5.41, 5.74) is 2.24. The molecule has 0 radical (unpaired) electrons. The van der Waals surface area contributed by atoms with E-state index in [1.165, 1.54) is 5.56 Å². The second-order valence-electron chi connectivity index (χ2n) is 4.35. The van der Waals surface area contributed by atoms with Crippen LogP contribution in [0.1, 0.15) is 24.2 Å². The van der Waals surface area contributed by atoms with Gasteiger partial charge in [-0.2, -0.15) is 0 Å². The van der Waals surface area contributed by atoms with E-state index in [1.54, 1.807) is 11.8 Å². The van der Waals surface area contributed by atoms with Crippen molar-refractivity contribution in [1.29, 1.82) is 0 Å². The fourth-order valence-corrected chi connectivity index (χ4v) is 3.01. The molecule has 0 heterocycles. The Labute approximate surface area is 123 Å². The molecule has 0 aliphatic rings. The highest BCUT2D eigenvalue weighted by Crippen LogP contribution is 2.30. The molecule has 0 bridgehead atoms. The lowest BCUT2D eigenvalue weighted by Gasteiger charge is -2.12. The zero-order valence-corrected chi connectivity index (χ0v) is 12.4. The van der Waals surface area contributed by atoms with Crippen molar-refractivity contribution in [3.05, 3.63) is 64.7 Å². The molecule has 3 heteroatoms. The molecule has 0 saturated carbocycles. The minimum atomic E-state index is -0.466. The minimum Gasteiger partial charge on any atom is -0.388 e. The van der Waals surface area contributed by atoms with Crippen molar-refractivity contribution >= 4 is 23.4 Å². The van der Waals surface area contributed by atoms with Crippen molar-refractivity contribution < 1.29 is 5.11 Å². The van der Waals surface area contributed by atoms with Crippen LogP contribution in [-0.2, 0) is 6.42 Å². The van der Waals surface area contributed by atoms with E-state index < -0.39 is 6.10 Å². The zero-order chi connectivity index (χ0) is 13.7. The van der Waals surface area contributed by atoms with Gasteiger partial charge in [0.2, 0.25) is 0 Å². The standard InChI is InChI=1S/C16H17ClOS/c1-2-12-7-9-13(10-8-12)15(18)11-19-16-6-4-3-5-14(16)17/h3-10,15,18H,2,11H2,1H3. The van der Waals surface area contributed by atoms with Gasteiger partial charge in [-0.25, -0.2) is 0 Å². The molecule has 1 unspecified atom stereocenters. The van der Waals surface area contributed by atoms with Gasteiger partial charge in [0.1, 0.15) is 0 Å². The third kappa shape index (κ3) is 4.00. The zero-order valence-electron chi connectivity index (χ0n) is 10.8. The summed E-state index contributed by atoms with van der Waals surface area (Å²) in [6, 6.07) is 15.8. The van der Waals surface area contributed by atoms with Gasteiger partial charge in [0.15, 0.2) is 0 Å². The van der Waals surface area contributed by atoms with Crippen LogP contribution in [-0.4, -0.2) is 10.9 Å². The van der Waals surface area contributed by atoms with E-state index in [1.807, 2.05) is 36.4 Å². The number of aryl methyl sites for hydroxylation is 1. The summed E-state index contributed by atoms with van der Waals surface area (Å²) in [5.74, 6) is 0.606. The topological polar surface area (TPSA) is 20.2 Å². The predicted molar refractivity (Wildman–Crippen MR) is 83.0 cm³/mol. The van der Waals surface area contributed by atoms with Crippen LogP contribution < -0.4 is 0 Å². The molecule has 2 rings (SSSR count). The number of hydrogen-bond donors (Lipinski definition) is 1. The van der Waals surface area contributed by atoms with Crippen LogP contribution in [0, 0.1) is 0 Å². The Balaban J connectivity index is 1.97. The number of aliphatic hydroxyl groups excluding tert-OH is 1. The van der Waals surface area contributed by atoms with Gasteiger partial charge in [0.25, 0.3) is 0 Å². The fraction of sp³-hybridized carbons (Fsp3) is 0.250. The van der Waals surface area contributed by atoms with Crippen LogP contribution in [0.25, 0.3) is 0 Å². The maximum absolute atomic E-state index is 10.2. The van der Waals surface area contributed by atoms with Crippen LogP contribution in [0.15, 0.2) is 53.4 Å². The lowest BCUT2D eigenvalue weighted by atomic mass is 10.1. The smallest absolute Gasteiger partial charge is 0.0883 e. The number of benzene rings is 2. The maximum Gasteiger partial charge on any atom is 0.0883 e. The number of hydrogen-bond acceptors (Lipinski definition) is 2. The Morgan fingerprint density at radius 1 is 1.11 bits per heavy atom. The molecule has 0 aromatic heterocycles. The van der Waals surface area contributed by atoms with Crippen LogP contribution in [0.4, 0.5) is 0 Å². The summed E-state index contributed by atoms with van der Waals surface area (Å²) in [7, 11) is 0. The molecule has 2 aromatic carbocycles. The molecule has 100 valence electrons. The van der Waals surface area contributed by atoms with Gasteiger partial charge in [-0.05, 0) is 29.7 Å². The van der Waals surface area contributed by atoms with Crippen molar-refractivity contribution in [3.63, 3.8) is 0 Å².